The zero-order valence-electron chi connectivity index (χ0n) is 14.5. The molecule has 0 aliphatic rings. The molecule has 1 heterocycles. The summed E-state index contributed by atoms with van der Waals surface area (Å²) in [5, 5.41) is 3.29. The fourth-order valence-electron chi connectivity index (χ4n) is 2.41. The SMILES string of the molecule is CCN(CC)c1ccc(C(F)(F)F)cc1NC(=O)CSc1ccccn1. The van der Waals surface area contributed by atoms with Crippen LogP contribution in [0.4, 0.5) is 24.5 Å². The Labute approximate surface area is 154 Å². The Balaban J connectivity index is 2.19. The molecule has 4 nitrogen and oxygen atoms in total. The summed E-state index contributed by atoms with van der Waals surface area (Å²) in [4.78, 5) is 18.2. The van der Waals surface area contributed by atoms with Gasteiger partial charge in [0.25, 0.3) is 0 Å². The van der Waals surface area contributed by atoms with Gasteiger partial charge in [-0.25, -0.2) is 4.98 Å². The van der Waals surface area contributed by atoms with Gasteiger partial charge in [-0.3, -0.25) is 4.79 Å². The molecular formula is C18H20F3N3OS. The van der Waals surface area contributed by atoms with Gasteiger partial charge in [0.1, 0.15) is 0 Å². The van der Waals surface area contributed by atoms with E-state index in [1.165, 1.54) is 17.8 Å². The number of anilines is 2. The van der Waals surface area contributed by atoms with Crippen LogP contribution in [0, 0.1) is 0 Å². The minimum atomic E-state index is -4.47. The third kappa shape index (κ3) is 5.39. The van der Waals surface area contributed by atoms with Crippen molar-refractivity contribution in [3.63, 3.8) is 0 Å². The van der Waals surface area contributed by atoms with Gasteiger partial charge in [0.15, 0.2) is 0 Å². The summed E-state index contributed by atoms with van der Waals surface area (Å²) in [5.74, 6) is -0.321. The first-order valence-electron chi connectivity index (χ1n) is 8.15. The molecule has 0 saturated heterocycles. The minimum Gasteiger partial charge on any atom is -0.370 e. The summed E-state index contributed by atoms with van der Waals surface area (Å²) in [6.45, 7) is 5.05. The number of hydrogen-bond acceptors (Lipinski definition) is 4. The Hall–Kier alpha value is -2.22. The number of pyridine rings is 1. The molecule has 0 radical (unpaired) electrons. The minimum absolute atomic E-state index is 0.0605. The van der Waals surface area contributed by atoms with Crippen LogP contribution in [0.25, 0.3) is 0 Å². The standard InChI is InChI=1S/C18H20F3N3OS/c1-3-24(4-2)15-9-8-13(18(19,20)21)11-14(15)23-16(25)12-26-17-7-5-6-10-22-17/h5-11H,3-4,12H2,1-2H3,(H,23,25). The fraction of sp³-hybridized carbons (Fsp3) is 0.333. The number of benzene rings is 1. The second kappa shape index (κ2) is 8.93. The monoisotopic (exact) mass is 383 g/mol. The first-order valence-corrected chi connectivity index (χ1v) is 9.13. The van der Waals surface area contributed by atoms with E-state index in [1.807, 2.05) is 18.7 Å². The van der Waals surface area contributed by atoms with E-state index in [0.29, 0.717) is 23.8 Å². The summed E-state index contributed by atoms with van der Waals surface area (Å²) in [5.41, 5.74) is -0.0598. The molecule has 0 unspecified atom stereocenters. The van der Waals surface area contributed by atoms with Crippen molar-refractivity contribution < 1.29 is 18.0 Å². The summed E-state index contributed by atoms with van der Waals surface area (Å²) < 4.78 is 39.1. The second-order valence-electron chi connectivity index (χ2n) is 5.41. The van der Waals surface area contributed by atoms with E-state index >= 15 is 0 Å². The van der Waals surface area contributed by atoms with Gasteiger partial charge in [0, 0.05) is 19.3 Å². The molecule has 1 aromatic carbocycles. The molecule has 1 amide bonds. The number of alkyl halides is 3. The number of hydrogen-bond donors (Lipinski definition) is 1. The third-order valence-corrected chi connectivity index (χ3v) is 4.63. The Morgan fingerprint density at radius 3 is 2.50 bits per heavy atom. The summed E-state index contributed by atoms with van der Waals surface area (Å²) >= 11 is 1.22. The van der Waals surface area contributed by atoms with Crippen LogP contribution in [0.1, 0.15) is 19.4 Å². The Morgan fingerprint density at radius 1 is 1.19 bits per heavy atom. The highest BCUT2D eigenvalue weighted by Gasteiger charge is 2.31. The maximum absolute atomic E-state index is 13.0. The average molecular weight is 383 g/mol. The fourth-order valence-corrected chi connectivity index (χ4v) is 3.07. The molecule has 1 N–H and O–H groups in total. The van der Waals surface area contributed by atoms with Gasteiger partial charge in [-0.1, -0.05) is 17.8 Å². The van der Waals surface area contributed by atoms with Crippen molar-refractivity contribution in [1.29, 1.82) is 0 Å². The van der Waals surface area contributed by atoms with Crippen LogP contribution in [0.2, 0.25) is 0 Å². The third-order valence-electron chi connectivity index (χ3n) is 3.69. The van der Waals surface area contributed by atoms with Gasteiger partial charge < -0.3 is 10.2 Å². The zero-order chi connectivity index (χ0) is 19.2. The lowest BCUT2D eigenvalue weighted by Gasteiger charge is -2.25. The van der Waals surface area contributed by atoms with E-state index < -0.39 is 11.7 Å². The van der Waals surface area contributed by atoms with Crippen LogP contribution in [-0.4, -0.2) is 29.7 Å². The number of carbonyl (C=O) groups is 1. The van der Waals surface area contributed by atoms with Crippen molar-refractivity contribution in [2.24, 2.45) is 0 Å². The lowest BCUT2D eigenvalue weighted by Crippen LogP contribution is -2.25. The van der Waals surface area contributed by atoms with Crippen molar-refractivity contribution in [2.75, 3.05) is 29.1 Å². The molecule has 2 rings (SSSR count). The zero-order valence-corrected chi connectivity index (χ0v) is 15.3. The molecule has 0 fully saturated rings. The normalized spacial score (nSPS) is 11.3. The molecule has 0 spiro atoms. The highest BCUT2D eigenvalue weighted by Crippen LogP contribution is 2.35. The Bertz CT molecular complexity index is 734. The van der Waals surface area contributed by atoms with Gasteiger partial charge >= 0.3 is 6.18 Å². The molecule has 0 saturated carbocycles. The molecule has 8 heteroatoms. The molecular weight excluding hydrogens is 363 g/mol. The number of rotatable bonds is 7. The predicted molar refractivity (Wildman–Crippen MR) is 98.6 cm³/mol. The van der Waals surface area contributed by atoms with Gasteiger partial charge in [0.2, 0.25) is 5.91 Å². The number of aromatic nitrogens is 1. The number of thioether (sulfide) groups is 1. The van der Waals surface area contributed by atoms with E-state index in [1.54, 1.807) is 24.4 Å². The summed E-state index contributed by atoms with van der Waals surface area (Å²) in [6, 6.07) is 8.76. The molecule has 0 bridgehead atoms. The molecule has 0 atom stereocenters. The molecule has 2 aromatic rings. The lowest BCUT2D eigenvalue weighted by molar-refractivity contribution is -0.137. The summed E-state index contributed by atoms with van der Waals surface area (Å²) in [7, 11) is 0. The topological polar surface area (TPSA) is 45.2 Å². The van der Waals surface area contributed by atoms with E-state index in [0.717, 1.165) is 12.1 Å². The number of halogens is 3. The quantitative estimate of drug-likeness (QED) is 0.706. The van der Waals surface area contributed by atoms with E-state index in [2.05, 4.69) is 10.3 Å². The van der Waals surface area contributed by atoms with Gasteiger partial charge in [0.05, 0.1) is 27.7 Å². The van der Waals surface area contributed by atoms with Crippen LogP contribution in [0.5, 0.6) is 0 Å². The van der Waals surface area contributed by atoms with Crippen LogP contribution in [0.3, 0.4) is 0 Å². The van der Waals surface area contributed by atoms with Gasteiger partial charge in [-0.05, 0) is 44.2 Å². The van der Waals surface area contributed by atoms with E-state index in [-0.39, 0.29) is 17.3 Å². The van der Waals surface area contributed by atoms with Crippen molar-refractivity contribution in [3.8, 4) is 0 Å². The van der Waals surface area contributed by atoms with E-state index in [9.17, 15) is 18.0 Å². The Kier molecular flexibility index (Phi) is 6.90. The van der Waals surface area contributed by atoms with Crippen molar-refractivity contribution >= 4 is 29.0 Å². The molecule has 1 aromatic heterocycles. The smallest absolute Gasteiger partial charge is 0.370 e. The molecule has 26 heavy (non-hydrogen) atoms. The average Bonchev–Trinajstić information content (AvgIpc) is 2.62. The molecule has 0 aliphatic heterocycles. The Morgan fingerprint density at radius 2 is 1.92 bits per heavy atom. The van der Waals surface area contributed by atoms with E-state index in [4.69, 9.17) is 0 Å². The number of carbonyl (C=O) groups excluding carboxylic acids is 1. The highest BCUT2D eigenvalue weighted by atomic mass is 32.2. The van der Waals surface area contributed by atoms with Crippen LogP contribution in [0.15, 0.2) is 47.6 Å². The number of nitrogens with one attached hydrogen (secondary N) is 1. The maximum atomic E-state index is 13.0. The van der Waals surface area contributed by atoms with Crippen LogP contribution < -0.4 is 10.2 Å². The first-order chi connectivity index (χ1) is 12.3. The van der Waals surface area contributed by atoms with Gasteiger partial charge in [-0.15, -0.1) is 0 Å². The largest absolute Gasteiger partial charge is 0.416 e. The van der Waals surface area contributed by atoms with Crippen molar-refractivity contribution in [1.82, 2.24) is 4.98 Å². The first kappa shape index (κ1) is 20.1. The molecule has 140 valence electrons. The van der Waals surface area contributed by atoms with Crippen LogP contribution in [-0.2, 0) is 11.0 Å². The van der Waals surface area contributed by atoms with Crippen molar-refractivity contribution in [2.45, 2.75) is 25.0 Å². The second-order valence-corrected chi connectivity index (χ2v) is 6.40. The highest BCUT2D eigenvalue weighted by molar-refractivity contribution is 7.99. The number of amides is 1. The summed E-state index contributed by atoms with van der Waals surface area (Å²) in [6.07, 6.45) is -2.85. The van der Waals surface area contributed by atoms with Gasteiger partial charge in [-0.2, -0.15) is 13.2 Å². The van der Waals surface area contributed by atoms with Crippen LogP contribution >= 0.6 is 11.8 Å². The number of nitrogens with zero attached hydrogens (tertiary/aromatic N) is 2. The lowest BCUT2D eigenvalue weighted by atomic mass is 10.1. The predicted octanol–water partition coefficient (Wildman–Crippen LogP) is 4.68. The van der Waals surface area contributed by atoms with Crippen molar-refractivity contribution in [3.05, 3.63) is 48.2 Å². The molecule has 0 aliphatic carbocycles. The maximum Gasteiger partial charge on any atom is 0.416 e.